The summed E-state index contributed by atoms with van der Waals surface area (Å²) in [5.74, 6) is 0.244. The summed E-state index contributed by atoms with van der Waals surface area (Å²) in [6.45, 7) is 7.79. The molecule has 7 nitrogen and oxygen atoms in total. The molecule has 1 aliphatic carbocycles. The number of hydrogen-bond acceptors (Lipinski definition) is 7. The maximum atomic E-state index is 12.7. The van der Waals surface area contributed by atoms with Crippen LogP contribution in [0.3, 0.4) is 0 Å². The van der Waals surface area contributed by atoms with Gasteiger partial charge in [0, 0.05) is 10.5 Å². The first kappa shape index (κ1) is 21.5. The maximum Gasteiger partial charge on any atom is 0.230 e. The molecule has 32 heavy (non-hydrogen) atoms. The molecule has 2 aromatic carbocycles. The number of aryl methyl sites for hydroxylation is 2. The number of rotatable bonds is 7. The van der Waals surface area contributed by atoms with E-state index < -0.39 is 0 Å². The Morgan fingerprint density at radius 1 is 1.19 bits per heavy atom. The van der Waals surface area contributed by atoms with Gasteiger partial charge in [-0.05, 0) is 58.8 Å². The number of nitroso groups, excluding NO2 is 1. The average molecular weight is 445 g/mol. The predicted octanol–water partition coefficient (Wildman–Crippen LogP) is 5.37. The number of amides is 1. The van der Waals surface area contributed by atoms with Gasteiger partial charge in [-0.15, -0.1) is 4.91 Å². The highest BCUT2D eigenvalue weighted by atomic mass is 32.2. The molecule has 160 valence electrons. The lowest BCUT2D eigenvalue weighted by Crippen LogP contribution is -2.19. The number of nitrogens with zero attached hydrogens (tertiary/aromatic N) is 3. The summed E-state index contributed by atoms with van der Waals surface area (Å²) in [6.07, 6.45) is 1.45. The van der Waals surface area contributed by atoms with Crippen LogP contribution in [-0.4, -0.2) is 21.0 Å². The minimum absolute atomic E-state index is 0.129. The molecule has 4 rings (SSSR count). The Kier molecular flexibility index (Phi) is 6.13. The molecule has 0 atom stereocenters. The Morgan fingerprint density at radius 2 is 1.97 bits per heavy atom. The standard InChI is InChI=1S/C24H20N4O3S/c1-3-32-14(2)22-24(26-21(30)12-15-4-8-18(29)9-5-15)25-20-11-6-16-13-17(28-31)7-10-19(16)23(20)27-22/h3-5,7-10,13,29H,1-2,6,11-12H2,(H,25,26,30). The van der Waals surface area contributed by atoms with Gasteiger partial charge in [0.2, 0.25) is 5.91 Å². The van der Waals surface area contributed by atoms with Crippen molar-refractivity contribution in [3.05, 3.63) is 88.5 Å². The molecule has 2 N–H and O–H groups in total. The minimum atomic E-state index is -0.250. The smallest absolute Gasteiger partial charge is 0.230 e. The van der Waals surface area contributed by atoms with Gasteiger partial charge in [0.1, 0.15) is 17.1 Å². The normalized spacial score (nSPS) is 11.8. The topological polar surface area (TPSA) is 105 Å². The van der Waals surface area contributed by atoms with Gasteiger partial charge in [0.25, 0.3) is 0 Å². The first-order valence-electron chi connectivity index (χ1n) is 9.90. The first-order valence-corrected chi connectivity index (χ1v) is 10.8. The number of fused-ring (bicyclic) bond motifs is 3. The number of phenolic OH excluding ortho intramolecular Hbond substituents is 1. The Bertz CT molecular complexity index is 1240. The van der Waals surface area contributed by atoms with Crippen molar-refractivity contribution in [2.75, 3.05) is 5.32 Å². The zero-order valence-electron chi connectivity index (χ0n) is 17.2. The molecule has 0 bridgehead atoms. The van der Waals surface area contributed by atoms with Crippen molar-refractivity contribution in [1.29, 1.82) is 0 Å². The van der Waals surface area contributed by atoms with E-state index in [1.165, 1.54) is 23.9 Å². The number of carbonyl (C=O) groups excluding carboxylic acids is 1. The lowest BCUT2D eigenvalue weighted by atomic mass is 9.91. The number of thioether (sulfide) groups is 1. The van der Waals surface area contributed by atoms with E-state index in [9.17, 15) is 14.8 Å². The monoisotopic (exact) mass is 444 g/mol. The zero-order chi connectivity index (χ0) is 22.7. The van der Waals surface area contributed by atoms with Crippen LogP contribution in [0.4, 0.5) is 11.5 Å². The molecule has 0 fully saturated rings. The van der Waals surface area contributed by atoms with Crippen molar-refractivity contribution in [1.82, 2.24) is 9.97 Å². The van der Waals surface area contributed by atoms with E-state index in [4.69, 9.17) is 9.97 Å². The largest absolute Gasteiger partial charge is 0.508 e. The van der Waals surface area contributed by atoms with E-state index in [-0.39, 0.29) is 18.1 Å². The Labute approximate surface area is 189 Å². The zero-order valence-corrected chi connectivity index (χ0v) is 18.0. The summed E-state index contributed by atoms with van der Waals surface area (Å²) < 4.78 is 0. The molecule has 0 saturated heterocycles. The van der Waals surface area contributed by atoms with Crippen LogP contribution in [0.15, 0.2) is 66.2 Å². The van der Waals surface area contributed by atoms with Gasteiger partial charge in [-0.25, -0.2) is 9.97 Å². The van der Waals surface area contributed by atoms with Crippen LogP contribution in [0.2, 0.25) is 0 Å². The third-order valence-electron chi connectivity index (χ3n) is 5.10. The average Bonchev–Trinajstić information content (AvgIpc) is 2.79. The van der Waals surface area contributed by atoms with E-state index >= 15 is 0 Å². The van der Waals surface area contributed by atoms with Gasteiger partial charge in [0.05, 0.1) is 17.8 Å². The van der Waals surface area contributed by atoms with Crippen LogP contribution in [0.25, 0.3) is 16.2 Å². The van der Waals surface area contributed by atoms with Gasteiger partial charge in [0.15, 0.2) is 5.82 Å². The van der Waals surface area contributed by atoms with E-state index in [0.717, 1.165) is 22.4 Å². The number of carbonyl (C=O) groups is 1. The second kappa shape index (κ2) is 9.15. The summed E-state index contributed by atoms with van der Waals surface area (Å²) in [7, 11) is 0. The van der Waals surface area contributed by atoms with Crippen molar-refractivity contribution in [3.8, 4) is 17.0 Å². The quantitative estimate of drug-likeness (QED) is 0.475. The van der Waals surface area contributed by atoms with Crippen molar-refractivity contribution >= 4 is 34.1 Å². The molecule has 1 amide bonds. The highest BCUT2D eigenvalue weighted by Crippen LogP contribution is 2.37. The van der Waals surface area contributed by atoms with Gasteiger partial charge in [-0.1, -0.05) is 43.1 Å². The molecule has 3 aromatic rings. The van der Waals surface area contributed by atoms with Crippen LogP contribution in [0, 0.1) is 4.91 Å². The molecular formula is C24H20N4O3S. The number of aromatic nitrogens is 2. The van der Waals surface area contributed by atoms with Crippen LogP contribution in [-0.2, 0) is 24.1 Å². The molecule has 0 saturated carbocycles. The number of benzene rings is 2. The molecule has 1 heterocycles. The third-order valence-corrected chi connectivity index (χ3v) is 5.74. The Hall–Kier alpha value is -3.78. The molecule has 1 aliphatic rings. The van der Waals surface area contributed by atoms with E-state index in [1.54, 1.807) is 29.7 Å². The van der Waals surface area contributed by atoms with Crippen molar-refractivity contribution in [2.45, 2.75) is 19.3 Å². The summed E-state index contributed by atoms with van der Waals surface area (Å²) in [5, 5.41) is 16.9. The fourth-order valence-corrected chi connectivity index (χ4v) is 4.06. The second-order valence-corrected chi connectivity index (χ2v) is 8.31. The minimum Gasteiger partial charge on any atom is -0.508 e. The summed E-state index contributed by atoms with van der Waals surface area (Å²) in [4.78, 5) is 33.7. The number of aromatic hydroxyl groups is 1. The summed E-state index contributed by atoms with van der Waals surface area (Å²) in [6, 6.07) is 11.7. The summed E-state index contributed by atoms with van der Waals surface area (Å²) >= 11 is 1.30. The molecule has 0 spiro atoms. The number of hydrogen-bond donors (Lipinski definition) is 2. The molecule has 8 heteroatoms. The van der Waals surface area contributed by atoms with E-state index in [0.29, 0.717) is 40.6 Å². The SMILES string of the molecule is C=CSC(=C)c1nc2c(nc1NC(=O)Cc1ccc(O)cc1)CCc1cc(N=O)ccc1-2. The van der Waals surface area contributed by atoms with Crippen molar-refractivity contribution in [2.24, 2.45) is 5.18 Å². The maximum absolute atomic E-state index is 12.7. The van der Waals surface area contributed by atoms with E-state index in [1.807, 2.05) is 6.07 Å². The van der Waals surface area contributed by atoms with Gasteiger partial charge in [-0.2, -0.15) is 0 Å². The lowest BCUT2D eigenvalue weighted by Gasteiger charge is -2.21. The second-order valence-electron chi connectivity index (χ2n) is 7.25. The predicted molar refractivity (Wildman–Crippen MR) is 128 cm³/mol. The van der Waals surface area contributed by atoms with Crippen LogP contribution in [0.1, 0.15) is 22.5 Å². The van der Waals surface area contributed by atoms with Crippen molar-refractivity contribution < 1.29 is 9.90 Å². The number of anilines is 1. The van der Waals surface area contributed by atoms with Crippen molar-refractivity contribution in [3.63, 3.8) is 0 Å². The molecule has 1 aromatic heterocycles. The molecule has 0 unspecified atom stereocenters. The highest BCUT2D eigenvalue weighted by Gasteiger charge is 2.24. The fourth-order valence-electron chi connectivity index (χ4n) is 3.60. The molecule has 0 aliphatic heterocycles. The number of nitrogens with one attached hydrogen (secondary N) is 1. The van der Waals surface area contributed by atoms with Crippen LogP contribution >= 0.6 is 11.8 Å². The number of phenols is 1. The van der Waals surface area contributed by atoms with E-state index in [2.05, 4.69) is 23.7 Å². The van der Waals surface area contributed by atoms with Gasteiger partial charge < -0.3 is 10.4 Å². The molecular weight excluding hydrogens is 424 g/mol. The fraction of sp³-hybridized carbons (Fsp3) is 0.125. The first-order chi connectivity index (χ1) is 15.5. The Balaban J connectivity index is 1.69. The third kappa shape index (κ3) is 4.45. The Morgan fingerprint density at radius 3 is 2.69 bits per heavy atom. The van der Waals surface area contributed by atoms with Gasteiger partial charge in [-0.3, -0.25) is 4.79 Å². The lowest BCUT2D eigenvalue weighted by molar-refractivity contribution is -0.115. The van der Waals surface area contributed by atoms with Gasteiger partial charge >= 0.3 is 0 Å². The highest BCUT2D eigenvalue weighted by molar-refractivity contribution is 8.10. The summed E-state index contributed by atoms with van der Waals surface area (Å²) in [5.41, 5.74) is 4.97. The molecule has 0 radical (unpaired) electrons. The van der Waals surface area contributed by atoms with Crippen LogP contribution < -0.4 is 5.32 Å². The van der Waals surface area contributed by atoms with Crippen LogP contribution in [0.5, 0.6) is 5.75 Å².